The normalized spacial score (nSPS) is 12.9. The van der Waals surface area contributed by atoms with Gasteiger partial charge in [-0.15, -0.1) is 0 Å². The number of rotatable bonds is 26. The largest absolute Gasteiger partial charge is 0.445 e. The Morgan fingerprint density at radius 3 is 2.31 bits per heavy atom. The summed E-state index contributed by atoms with van der Waals surface area (Å²) in [5.74, 6) is -2.98. The van der Waals surface area contributed by atoms with Gasteiger partial charge >= 0.3 is 12.1 Å². The van der Waals surface area contributed by atoms with Crippen LogP contribution < -0.4 is 21.7 Å². The number of halogens is 1. The zero-order chi connectivity index (χ0) is 56.7. The van der Waals surface area contributed by atoms with E-state index in [0.717, 1.165) is 16.2 Å². The number of aromatic amines is 1. The van der Waals surface area contributed by atoms with Crippen LogP contribution in [-0.4, -0.2) is 100 Å². The summed E-state index contributed by atoms with van der Waals surface area (Å²) >= 11 is 0. The molecule has 20 nitrogen and oxygen atoms in total. The number of aromatic nitrogens is 6. The molecule has 414 valence electrons. The van der Waals surface area contributed by atoms with Crippen molar-refractivity contribution in [2.75, 3.05) is 18.4 Å². The van der Waals surface area contributed by atoms with Crippen LogP contribution in [0.1, 0.15) is 81.4 Å². The van der Waals surface area contributed by atoms with Crippen molar-refractivity contribution in [2.24, 2.45) is 17.6 Å². The fourth-order valence-electron chi connectivity index (χ4n) is 9.37. The van der Waals surface area contributed by atoms with Crippen LogP contribution in [-0.2, 0) is 48.4 Å². The Bertz CT molecular complexity index is 3390. The highest BCUT2D eigenvalue weighted by molar-refractivity contribution is 6.12. The van der Waals surface area contributed by atoms with E-state index in [0.29, 0.717) is 82.2 Å². The predicted molar refractivity (Wildman–Crippen MR) is 296 cm³/mol. The van der Waals surface area contributed by atoms with Crippen LogP contribution in [0.2, 0.25) is 0 Å². The molecule has 0 saturated heterocycles. The van der Waals surface area contributed by atoms with E-state index in [1.165, 1.54) is 29.4 Å². The second-order valence-corrected chi connectivity index (χ2v) is 19.8. The lowest BCUT2D eigenvalue weighted by Gasteiger charge is -2.24. The van der Waals surface area contributed by atoms with Gasteiger partial charge in [0.1, 0.15) is 24.6 Å². The number of nitrogens with two attached hydrogens (primary N) is 1. The van der Waals surface area contributed by atoms with Crippen LogP contribution in [0.5, 0.6) is 0 Å². The number of ether oxygens (including phenoxy) is 1. The Balaban J connectivity index is 0.948. The first-order valence-corrected chi connectivity index (χ1v) is 26.5. The summed E-state index contributed by atoms with van der Waals surface area (Å²) in [6.45, 7) is 5.71. The minimum Gasteiger partial charge on any atom is -0.445 e. The number of Topliss-reactive ketones (excluding diaryl/α,β-unsaturated/α-hetero) is 1. The number of H-pyrrole nitrogens is 1. The fourth-order valence-corrected chi connectivity index (χ4v) is 9.37. The molecule has 6 N–H and O–H groups in total. The molecule has 0 unspecified atom stereocenters. The Morgan fingerprint density at radius 2 is 1.57 bits per heavy atom. The predicted octanol–water partition coefficient (Wildman–Crippen LogP) is 8.22. The highest BCUT2D eigenvalue weighted by Gasteiger charge is 2.30. The number of fused-ring (bicyclic) bond motifs is 1. The maximum Gasteiger partial charge on any atom is 0.410 e. The maximum absolute atomic E-state index is 15.3. The third-order valence-electron chi connectivity index (χ3n) is 13.5. The number of primary amides is 1. The molecular weight excluding hydrogens is 1020 g/mol. The van der Waals surface area contributed by atoms with Gasteiger partial charge < -0.3 is 31.4 Å². The molecule has 8 rings (SSSR count). The number of pyridine rings is 2. The summed E-state index contributed by atoms with van der Waals surface area (Å²) in [6, 6.07) is 28.1. The Labute approximate surface area is 461 Å². The number of anilines is 1. The van der Waals surface area contributed by atoms with Gasteiger partial charge in [0.15, 0.2) is 11.4 Å². The number of ketones is 1. The Morgan fingerprint density at radius 1 is 0.825 bits per heavy atom. The fraction of sp³-hybridized carbons (Fsp3) is 0.305. The van der Waals surface area contributed by atoms with Crippen molar-refractivity contribution < 1.29 is 42.7 Å². The van der Waals surface area contributed by atoms with Gasteiger partial charge in [0.2, 0.25) is 11.8 Å². The van der Waals surface area contributed by atoms with Gasteiger partial charge in [-0.1, -0.05) is 80.9 Å². The summed E-state index contributed by atoms with van der Waals surface area (Å²) in [4.78, 5) is 111. The molecule has 7 aromatic rings. The number of nitrogens with zero attached hydrogens (tertiary/aromatic N) is 7. The molecular formula is C59H63FN12O8. The number of hydrogen-bond acceptors (Lipinski definition) is 12. The third kappa shape index (κ3) is 15.0. The molecule has 3 aromatic carbocycles. The number of nitrogens with one attached hydrogen (secondary N) is 4. The van der Waals surface area contributed by atoms with Crippen LogP contribution >= 0.6 is 0 Å². The molecule has 80 heavy (non-hydrogen) atoms. The average Bonchev–Trinajstić information content (AvgIpc) is 4.21. The van der Waals surface area contributed by atoms with E-state index in [1.807, 2.05) is 55.6 Å². The topological polar surface area (TPSA) is 269 Å². The first-order valence-electron chi connectivity index (χ1n) is 26.5. The molecule has 0 fully saturated rings. The smallest absolute Gasteiger partial charge is 0.410 e. The van der Waals surface area contributed by atoms with Crippen molar-refractivity contribution in [3.8, 4) is 33.8 Å². The molecule has 5 heterocycles. The summed E-state index contributed by atoms with van der Waals surface area (Å²) < 4.78 is 23.0. The van der Waals surface area contributed by atoms with Crippen molar-refractivity contribution >= 4 is 52.9 Å². The molecule has 2 atom stereocenters. The second-order valence-electron chi connectivity index (χ2n) is 19.8. The number of hydrogen-bond donors (Lipinski definition) is 5. The van der Waals surface area contributed by atoms with Crippen LogP contribution in [0.3, 0.4) is 0 Å². The van der Waals surface area contributed by atoms with Gasteiger partial charge in [-0.05, 0) is 97.7 Å². The summed E-state index contributed by atoms with van der Waals surface area (Å²) in [6.07, 6.45) is 7.10. The lowest BCUT2D eigenvalue weighted by molar-refractivity contribution is -0.137. The molecule has 0 radical (unpaired) electrons. The van der Waals surface area contributed by atoms with E-state index < -0.39 is 35.8 Å². The van der Waals surface area contributed by atoms with Gasteiger partial charge in [-0.25, -0.2) is 28.5 Å². The van der Waals surface area contributed by atoms with Crippen LogP contribution in [0, 0.1) is 24.6 Å². The van der Waals surface area contributed by atoms with Gasteiger partial charge in [0.25, 0.3) is 11.8 Å². The summed E-state index contributed by atoms with van der Waals surface area (Å²) in [7, 11) is 0. The van der Waals surface area contributed by atoms with Crippen molar-refractivity contribution in [3.63, 3.8) is 0 Å². The number of amides is 7. The maximum atomic E-state index is 15.3. The molecule has 4 aromatic heterocycles. The van der Waals surface area contributed by atoms with Crippen molar-refractivity contribution in [2.45, 2.75) is 91.5 Å². The van der Waals surface area contributed by atoms with E-state index in [-0.39, 0.29) is 81.5 Å². The molecule has 1 aliphatic rings. The number of aryl methyl sites for hydroxylation is 1. The number of carbonyl (C=O) groups excluding carboxylic acids is 7. The van der Waals surface area contributed by atoms with Crippen LogP contribution in [0.15, 0.2) is 128 Å². The van der Waals surface area contributed by atoms with Crippen LogP contribution in [0.4, 0.5) is 19.7 Å². The minimum atomic E-state index is -0.876. The SMILES string of the molecule is Cc1cccc(-c2[nH]c(CN(Cc3ccccc3-c3ccccc3F)C(=O)OCc3ccc(NC(=O)[C@H](CCCNC(N)=O)CC(=O)[C@@H](NC(=O)CCCCCN4C(=O)C=CC4=O)C(C)C)cc3)nc2-c2ccc3ncnn3c2)n1. The highest BCUT2D eigenvalue weighted by Crippen LogP contribution is 2.32. The van der Waals surface area contributed by atoms with E-state index in [1.54, 1.807) is 73.0 Å². The molecule has 7 amide bonds. The lowest BCUT2D eigenvalue weighted by Crippen LogP contribution is -2.45. The van der Waals surface area contributed by atoms with Gasteiger partial charge in [-0.2, -0.15) is 5.10 Å². The van der Waals surface area contributed by atoms with E-state index in [4.69, 9.17) is 20.4 Å². The lowest BCUT2D eigenvalue weighted by atomic mass is 9.89. The van der Waals surface area contributed by atoms with E-state index in [9.17, 15) is 33.6 Å². The van der Waals surface area contributed by atoms with Gasteiger partial charge in [-0.3, -0.25) is 38.8 Å². The summed E-state index contributed by atoms with van der Waals surface area (Å²) in [5.41, 5.74) is 11.9. The van der Waals surface area contributed by atoms with Gasteiger partial charge in [0, 0.05) is 72.7 Å². The standard InChI is InChI=1S/C59H63FN12O8/c1-37(2)54(69-51(74)20-5-4-10-30-71-52(75)27-28-53(71)76)48(73)31-40(15-12-29-62-58(61)78)57(77)66-43-24-21-39(22-25-43)35-80-59(79)70(32-41-14-6-7-16-44(41)45-17-8-9-18-46(45)60)34-49-67-55(42-23-26-50-63-36-64-72(50)33-42)56(68-49)47-19-11-13-38(3)65-47/h6-9,11,13-14,16-19,21-28,33,36-37,40,54H,4-5,10,12,15,20,29-32,34-35H2,1-3H3,(H,66,77)(H,67,68)(H,69,74)(H3,61,62,78)/t40-,54+/m1/s1. The number of unbranched alkanes of at least 4 members (excludes halogenated alkanes) is 2. The number of imidazole rings is 1. The highest BCUT2D eigenvalue weighted by atomic mass is 19.1. The van der Waals surface area contributed by atoms with E-state index >= 15 is 4.39 Å². The van der Waals surface area contributed by atoms with Gasteiger partial charge in [0.05, 0.1) is 36.2 Å². The average molecular weight is 1090 g/mol. The van der Waals surface area contributed by atoms with Crippen LogP contribution in [0.25, 0.3) is 39.4 Å². The molecule has 21 heteroatoms. The first kappa shape index (κ1) is 56.8. The van der Waals surface area contributed by atoms with Crippen molar-refractivity contribution in [1.29, 1.82) is 0 Å². The molecule has 0 spiro atoms. The molecule has 0 saturated carbocycles. The molecule has 0 bridgehead atoms. The number of benzene rings is 3. The zero-order valence-corrected chi connectivity index (χ0v) is 44.7. The zero-order valence-electron chi connectivity index (χ0n) is 44.7. The molecule has 1 aliphatic heterocycles. The number of urea groups is 1. The van der Waals surface area contributed by atoms with E-state index in [2.05, 4.69) is 31.0 Å². The minimum absolute atomic E-state index is 0.00689. The number of carbonyl (C=O) groups is 7. The third-order valence-corrected chi connectivity index (χ3v) is 13.5. The Kier molecular flexibility index (Phi) is 19.0. The number of imide groups is 1. The first-order chi connectivity index (χ1) is 38.6. The van der Waals surface area contributed by atoms with Crippen molar-refractivity contribution in [1.82, 2.24) is 50.0 Å². The molecule has 0 aliphatic carbocycles. The Hall–Kier alpha value is -9.40. The monoisotopic (exact) mass is 1090 g/mol. The summed E-state index contributed by atoms with van der Waals surface area (Å²) in [5, 5.41) is 12.6. The quantitative estimate of drug-likeness (QED) is 0.0254. The second kappa shape index (κ2) is 26.8. The van der Waals surface area contributed by atoms with Crippen molar-refractivity contribution in [3.05, 3.63) is 156 Å².